The van der Waals surface area contributed by atoms with Gasteiger partial charge in [-0.15, -0.1) is 0 Å². The molecule has 0 bridgehead atoms. The van der Waals surface area contributed by atoms with Gasteiger partial charge in [0.1, 0.15) is 0 Å². The van der Waals surface area contributed by atoms with E-state index in [0.717, 1.165) is 23.1 Å². The van der Waals surface area contributed by atoms with E-state index < -0.39 is 0 Å². The van der Waals surface area contributed by atoms with Gasteiger partial charge in [-0.3, -0.25) is 4.79 Å². The molecule has 0 amide bonds. The van der Waals surface area contributed by atoms with Crippen LogP contribution in [0.3, 0.4) is 0 Å². The predicted octanol–water partition coefficient (Wildman–Crippen LogP) is 2.60. The second-order valence-electron chi connectivity index (χ2n) is 3.33. The molecule has 74 valence electrons. The van der Waals surface area contributed by atoms with Gasteiger partial charge in [-0.05, 0) is 24.6 Å². The number of carbonyl (C=O) groups is 1. The van der Waals surface area contributed by atoms with Crippen molar-refractivity contribution >= 4 is 18.0 Å². The fraction of sp³-hybridized carbons (Fsp3) is 0.250. The summed E-state index contributed by atoms with van der Waals surface area (Å²) in [4.78, 5) is 12.8. The summed E-state index contributed by atoms with van der Waals surface area (Å²) in [7, 11) is 3.86. The quantitative estimate of drug-likeness (QED) is 0.681. The molecular weight excluding hydrogens is 174 g/mol. The second kappa shape index (κ2) is 4.61. The monoisotopic (exact) mass is 189 g/mol. The zero-order valence-electron chi connectivity index (χ0n) is 8.82. The molecule has 0 fully saturated rings. The molecule has 2 nitrogen and oxygen atoms in total. The standard InChI is InChI=1S/C12H15NO/c1-4-5-10-6-7-12(13(2)3)11(8-10)9-14/h4-9H,1-3H3/b5-4+. The molecule has 1 rings (SSSR count). The summed E-state index contributed by atoms with van der Waals surface area (Å²) < 4.78 is 0. The van der Waals surface area contributed by atoms with Crippen LogP contribution in [0.4, 0.5) is 5.69 Å². The molecule has 1 aromatic carbocycles. The molecule has 14 heavy (non-hydrogen) atoms. The van der Waals surface area contributed by atoms with Crippen molar-refractivity contribution in [2.75, 3.05) is 19.0 Å². The minimum absolute atomic E-state index is 0.727. The molecule has 0 aliphatic carbocycles. The van der Waals surface area contributed by atoms with E-state index in [4.69, 9.17) is 0 Å². The van der Waals surface area contributed by atoms with E-state index in [1.807, 2.05) is 56.3 Å². The van der Waals surface area contributed by atoms with Crippen LogP contribution in [-0.2, 0) is 0 Å². The molecule has 2 heteroatoms. The van der Waals surface area contributed by atoms with Crippen molar-refractivity contribution in [3.8, 4) is 0 Å². The molecule has 0 atom stereocenters. The van der Waals surface area contributed by atoms with Gasteiger partial charge in [0, 0.05) is 25.3 Å². The Balaban J connectivity index is 3.17. The summed E-state index contributed by atoms with van der Waals surface area (Å²) >= 11 is 0. The van der Waals surface area contributed by atoms with Gasteiger partial charge in [0.05, 0.1) is 0 Å². The number of allylic oxidation sites excluding steroid dienone is 1. The summed E-state index contributed by atoms with van der Waals surface area (Å²) in [6.45, 7) is 1.96. The number of benzene rings is 1. The highest BCUT2D eigenvalue weighted by Crippen LogP contribution is 2.19. The molecule has 0 heterocycles. The average Bonchev–Trinajstić information content (AvgIpc) is 2.17. The van der Waals surface area contributed by atoms with E-state index in [9.17, 15) is 4.79 Å². The number of anilines is 1. The largest absolute Gasteiger partial charge is 0.377 e. The topological polar surface area (TPSA) is 20.3 Å². The Morgan fingerprint density at radius 1 is 1.29 bits per heavy atom. The van der Waals surface area contributed by atoms with Gasteiger partial charge in [-0.1, -0.05) is 18.2 Å². The minimum Gasteiger partial charge on any atom is -0.377 e. The third-order valence-corrected chi connectivity index (χ3v) is 2.02. The Morgan fingerprint density at radius 2 is 2.00 bits per heavy atom. The Labute approximate surface area is 84.9 Å². The Hall–Kier alpha value is -1.57. The SMILES string of the molecule is C/C=C/c1ccc(N(C)C)c(C=O)c1. The smallest absolute Gasteiger partial charge is 0.152 e. The number of nitrogens with zero attached hydrogens (tertiary/aromatic N) is 1. The van der Waals surface area contributed by atoms with Crippen LogP contribution in [0.15, 0.2) is 24.3 Å². The number of aldehydes is 1. The maximum atomic E-state index is 10.8. The van der Waals surface area contributed by atoms with Crippen LogP contribution >= 0.6 is 0 Å². The van der Waals surface area contributed by atoms with E-state index >= 15 is 0 Å². The molecule has 0 spiro atoms. The van der Waals surface area contributed by atoms with Crippen molar-refractivity contribution in [3.05, 3.63) is 35.4 Å². The average molecular weight is 189 g/mol. The summed E-state index contributed by atoms with van der Waals surface area (Å²) in [5.41, 5.74) is 2.74. The normalized spacial score (nSPS) is 10.5. The second-order valence-corrected chi connectivity index (χ2v) is 3.33. The summed E-state index contributed by atoms with van der Waals surface area (Å²) in [5.74, 6) is 0. The summed E-state index contributed by atoms with van der Waals surface area (Å²) in [6, 6.07) is 5.85. The lowest BCUT2D eigenvalue weighted by Crippen LogP contribution is -2.11. The molecular formula is C12H15NO. The van der Waals surface area contributed by atoms with Crippen LogP contribution in [0.25, 0.3) is 6.08 Å². The van der Waals surface area contributed by atoms with Crippen LogP contribution in [0.5, 0.6) is 0 Å². The minimum atomic E-state index is 0.727. The van der Waals surface area contributed by atoms with Gasteiger partial charge in [-0.25, -0.2) is 0 Å². The first-order valence-electron chi connectivity index (χ1n) is 4.58. The molecule has 0 unspecified atom stereocenters. The molecule has 0 radical (unpaired) electrons. The van der Waals surface area contributed by atoms with Gasteiger partial charge in [0.15, 0.2) is 6.29 Å². The van der Waals surface area contributed by atoms with Crippen molar-refractivity contribution in [1.29, 1.82) is 0 Å². The lowest BCUT2D eigenvalue weighted by atomic mass is 10.1. The van der Waals surface area contributed by atoms with Gasteiger partial charge < -0.3 is 4.90 Å². The van der Waals surface area contributed by atoms with Crippen LogP contribution in [0, 0.1) is 0 Å². The van der Waals surface area contributed by atoms with Crippen molar-refractivity contribution in [3.63, 3.8) is 0 Å². The first kappa shape index (κ1) is 10.5. The maximum Gasteiger partial charge on any atom is 0.152 e. The molecule has 0 saturated carbocycles. The van der Waals surface area contributed by atoms with Crippen LogP contribution in [0.1, 0.15) is 22.8 Å². The number of carbonyl (C=O) groups excluding carboxylic acids is 1. The van der Waals surface area contributed by atoms with E-state index in [0.29, 0.717) is 0 Å². The highest BCUT2D eigenvalue weighted by molar-refractivity contribution is 5.85. The van der Waals surface area contributed by atoms with Gasteiger partial charge in [0.2, 0.25) is 0 Å². The van der Waals surface area contributed by atoms with Gasteiger partial charge in [0.25, 0.3) is 0 Å². The number of hydrogen-bond acceptors (Lipinski definition) is 2. The van der Waals surface area contributed by atoms with Crippen molar-refractivity contribution in [1.82, 2.24) is 0 Å². The van der Waals surface area contributed by atoms with Crippen LogP contribution in [-0.4, -0.2) is 20.4 Å². The first-order chi connectivity index (χ1) is 6.69. The van der Waals surface area contributed by atoms with Crippen molar-refractivity contribution in [2.24, 2.45) is 0 Å². The highest BCUT2D eigenvalue weighted by atomic mass is 16.1. The van der Waals surface area contributed by atoms with E-state index in [1.54, 1.807) is 0 Å². The number of rotatable bonds is 3. The summed E-state index contributed by atoms with van der Waals surface area (Å²) in [6.07, 6.45) is 4.83. The Morgan fingerprint density at radius 3 is 2.50 bits per heavy atom. The summed E-state index contributed by atoms with van der Waals surface area (Å²) in [5, 5.41) is 0. The fourth-order valence-corrected chi connectivity index (χ4v) is 1.37. The van der Waals surface area contributed by atoms with Gasteiger partial charge in [-0.2, -0.15) is 0 Å². The third kappa shape index (κ3) is 2.22. The van der Waals surface area contributed by atoms with E-state index in [-0.39, 0.29) is 0 Å². The number of hydrogen-bond donors (Lipinski definition) is 0. The molecule has 0 N–H and O–H groups in total. The molecule has 0 aromatic heterocycles. The Kier molecular flexibility index (Phi) is 3.46. The van der Waals surface area contributed by atoms with E-state index in [1.165, 1.54) is 0 Å². The van der Waals surface area contributed by atoms with Crippen molar-refractivity contribution < 1.29 is 4.79 Å². The molecule has 0 saturated heterocycles. The van der Waals surface area contributed by atoms with E-state index in [2.05, 4.69) is 0 Å². The maximum absolute atomic E-state index is 10.8. The van der Waals surface area contributed by atoms with Gasteiger partial charge >= 0.3 is 0 Å². The Bertz CT molecular complexity index is 353. The molecule has 1 aromatic rings. The van der Waals surface area contributed by atoms with Crippen LogP contribution in [0.2, 0.25) is 0 Å². The zero-order chi connectivity index (χ0) is 10.6. The molecule has 0 aliphatic rings. The van der Waals surface area contributed by atoms with Crippen molar-refractivity contribution in [2.45, 2.75) is 6.92 Å². The zero-order valence-corrected chi connectivity index (χ0v) is 8.82. The lowest BCUT2D eigenvalue weighted by molar-refractivity contribution is 0.112. The first-order valence-corrected chi connectivity index (χ1v) is 4.58. The lowest BCUT2D eigenvalue weighted by Gasteiger charge is -2.14. The molecule has 0 aliphatic heterocycles. The third-order valence-electron chi connectivity index (χ3n) is 2.02. The predicted molar refractivity (Wildman–Crippen MR) is 60.9 cm³/mol. The highest BCUT2D eigenvalue weighted by Gasteiger charge is 2.03. The fourth-order valence-electron chi connectivity index (χ4n) is 1.37. The van der Waals surface area contributed by atoms with Crippen LogP contribution < -0.4 is 4.90 Å².